The van der Waals surface area contributed by atoms with Gasteiger partial charge in [0.05, 0.1) is 12.2 Å². The first-order chi connectivity index (χ1) is 7.66. The third kappa shape index (κ3) is 3.33. The van der Waals surface area contributed by atoms with Crippen molar-refractivity contribution in [1.82, 2.24) is 0 Å². The van der Waals surface area contributed by atoms with Crippen LogP contribution in [0.5, 0.6) is 5.75 Å². The van der Waals surface area contributed by atoms with Gasteiger partial charge < -0.3 is 4.74 Å². The number of carbonyl (C=O) groups is 1. The maximum absolute atomic E-state index is 13.4. The first-order valence-corrected chi connectivity index (χ1v) is 5.59. The fourth-order valence-electron chi connectivity index (χ4n) is 1.50. The molecule has 1 aromatic rings. The van der Waals surface area contributed by atoms with Crippen molar-refractivity contribution in [2.75, 3.05) is 6.61 Å². The molecular formula is C13H17FO2. The second-order valence-electron chi connectivity index (χ2n) is 3.72. The number of unbranched alkanes of at least 4 members (excludes halogenated alkanes) is 2. The Bertz CT molecular complexity index is 361. The van der Waals surface area contributed by atoms with Gasteiger partial charge in [-0.05, 0) is 25.5 Å². The quantitative estimate of drug-likeness (QED) is 0.545. The van der Waals surface area contributed by atoms with Crippen LogP contribution in [0, 0.1) is 5.82 Å². The highest BCUT2D eigenvalue weighted by Gasteiger charge is 2.13. The van der Waals surface area contributed by atoms with Crippen LogP contribution in [-0.2, 0) is 0 Å². The molecule has 0 saturated heterocycles. The van der Waals surface area contributed by atoms with E-state index in [4.69, 9.17) is 4.74 Å². The number of ether oxygens (including phenoxy) is 1. The van der Waals surface area contributed by atoms with Crippen LogP contribution >= 0.6 is 0 Å². The Hall–Kier alpha value is -1.38. The van der Waals surface area contributed by atoms with Crippen molar-refractivity contribution >= 4 is 5.78 Å². The summed E-state index contributed by atoms with van der Waals surface area (Å²) >= 11 is 0. The summed E-state index contributed by atoms with van der Waals surface area (Å²) in [6.45, 7) is 3.97. The fourth-order valence-corrected chi connectivity index (χ4v) is 1.50. The summed E-state index contributed by atoms with van der Waals surface area (Å²) in [6.07, 6.45) is 3.10. The highest BCUT2D eigenvalue weighted by atomic mass is 19.1. The smallest absolute Gasteiger partial charge is 0.166 e. The average Bonchev–Trinajstić information content (AvgIpc) is 2.24. The predicted octanol–water partition coefficient (Wildman–Crippen LogP) is 3.60. The van der Waals surface area contributed by atoms with Crippen LogP contribution in [0.1, 0.15) is 43.5 Å². The lowest BCUT2D eigenvalue weighted by Crippen LogP contribution is -2.05. The van der Waals surface area contributed by atoms with Gasteiger partial charge in [-0.15, -0.1) is 0 Å². The van der Waals surface area contributed by atoms with E-state index in [0.717, 1.165) is 19.3 Å². The molecule has 3 heteroatoms. The van der Waals surface area contributed by atoms with Crippen LogP contribution < -0.4 is 4.74 Å². The standard InChI is InChI=1S/C13H17FO2/c1-3-4-5-9-16-12-8-6-7-11(14)13(12)10(2)15/h6-8H,3-5,9H2,1-2H3. The summed E-state index contributed by atoms with van der Waals surface area (Å²) < 4.78 is 18.8. The molecular weight excluding hydrogens is 207 g/mol. The van der Waals surface area contributed by atoms with E-state index in [1.165, 1.54) is 13.0 Å². The van der Waals surface area contributed by atoms with Crippen LogP contribution in [0.4, 0.5) is 4.39 Å². The molecule has 88 valence electrons. The van der Waals surface area contributed by atoms with E-state index in [1.807, 2.05) is 0 Å². The molecule has 0 radical (unpaired) electrons. The number of hydrogen-bond acceptors (Lipinski definition) is 2. The number of carbonyl (C=O) groups excluding carboxylic acids is 1. The van der Waals surface area contributed by atoms with Crippen molar-refractivity contribution in [1.29, 1.82) is 0 Å². The molecule has 16 heavy (non-hydrogen) atoms. The minimum Gasteiger partial charge on any atom is -0.493 e. The zero-order valence-electron chi connectivity index (χ0n) is 9.75. The summed E-state index contributed by atoms with van der Waals surface area (Å²) in [5.41, 5.74) is 0.0546. The lowest BCUT2D eigenvalue weighted by molar-refractivity contribution is 0.100. The number of halogens is 1. The first-order valence-electron chi connectivity index (χ1n) is 5.59. The molecule has 0 aliphatic heterocycles. The summed E-state index contributed by atoms with van der Waals surface area (Å²) in [5, 5.41) is 0. The third-order valence-corrected chi connectivity index (χ3v) is 2.33. The zero-order chi connectivity index (χ0) is 12.0. The molecule has 2 nitrogen and oxygen atoms in total. The van der Waals surface area contributed by atoms with E-state index in [2.05, 4.69) is 6.92 Å². The maximum atomic E-state index is 13.4. The second-order valence-corrected chi connectivity index (χ2v) is 3.72. The Morgan fingerprint density at radius 1 is 1.38 bits per heavy atom. The van der Waals surface area contributed by atoms with E-state index in [1.54, 1.807) is 12.1 Å². The van der Waals surface area contributed by atoms with Crippen molar-refractivity contribution in [2.45, 2.75) is 33.1 Å². The number of hydrogen-bond donors (Lipinski definition) is 0. The van der Waals surface area contributed by atoms with Crippen LogP contribution in [0.15, 0.2) is 18.2 Å². The summed E-state index contributed by atoms with van der Waals surface area (Å²) in [6, 6.07) is 4.46. The van der Waals surface area contributed by atoms with Crippen LogP contribution in [0.25, 0.3) is 0 Å². The molecule has 1 rings (SSSR count). The lowest BCUT2D eigenvalue weighted by atomic mass is 10.1. The SMILES string of the molecule is CCCCCOc1cccc(F)c1C(C)=O. The second kappa shape index (κ2) is 6.26. The van der Waals surface area contributed by atoms with Gasteiger partial charge >= 0.3 is 0 Å². The van der Waals surface area contributed by atoms with Crippen molar-refractivity contribution in [2.24, 2.45) is 0 Å². The average molecular weight is 224 g/mol. The zero-order valence-corrected chi connectivity index (χ0v) is 9.75. The normalized spacial score (nSPS) is 10.2. The molecule has 0 saturated carbocycles. The van der Waals surface area contributed by atoms with E-state index in [0.29, 0.717) is 12.4 Å². The fraction of sp³-hybridized carbons (Fsp3) is 0.462. The molecule has 0 unspecified atom stereocenters. The summed E-state index contributed by atoms with van der Waals surface area (Å²) in [4.78, 5) is 11.3. The Morgan fingerprint density at radius 2 is 2.12 bits per heavy atom. The Balaban J connectivity index is 2.71. The Kier molecular flexibility index (Phi) is 4.96. The molecule has 0 bridgehead atoms. The lowest BCUT2D eigenvalue weighted by Gasteiger charge is -2.09. The van der Waals surface area contributed by atoms with Gasteiger partial charge in [0.15, 0.2) is 5.78 Å². The molecule has 0 aromatic heterocycles. The van der Waals surface area contributed by atoms with E-state index in [9.17, 15) is 9.18 Å². The number of benzene rings is 1. The number of rotatable bonds is 6. The highest BCUT2D eigenvalue weighted by Crippen LogP contribution is 2.22. The van der Waals surface area contributed by atoms with Crippen molar-refractivity contribution in [3.63, 3.8) is 0 Å². The van der Waals surface area contributed by atoms with Gasteiger partial charge in [-0.2, -0.15) is 0 Å². The number of Topliss-reactive ketones (excluding diaryl/α,β-unsaturated/α-hetero) is 1. The van der Waals surface area contributed by atoms with Gasteiger partial charge in [-0.25, -0.2) is 4.39 Å². The van der Waals surface area contributed by atoms with E-state index in [-0.39, 0.29) is 11.3 Å². The van der Waals surface area contributed by atoms with Gasteiger partial charge in [-0.1, -0.05) is 25.8 Å². The maximum Gasteiger partial charge on any atom is 0.166 e. The highest BCUT2D eigenvalue weighted by molar-refractivity contribution is 5.97. The molecule has 0 aliphatic rings. The van der Waals surface area contributed by atoms with Crippen molar-refractivity contribution < 1.29 is 13.9 Å². The van der Waals surface area contributed by atoms with Gasteiger partial charge in [0.2, 0.25) is 0 Å². The minimum atomic E-state index is -0.513. The molecule has 0 atom stereocenters. The van der Waals surface area contributed by atoms with E-state index >= 15 is 0 Å². The monoisotopic (exact) mass is 224 g/mol. The summed E-state index contributed by atoms with van der Waals surface area (Å²) in [7, 11) is 0. The van der Waals surface area contributed by atoms with Crippen LogP contribution in [-0.4, -0.2) is 12.4 Å². The Morgan fingerprint density at radius 3 is 2.75 bits per heavy atom. The van der Waals surface area contributed by atoms with Gasteiger partial charge in [-0.3, -0.25) is 4.79 Å². The van der Waals surface area contributed by atoms with Crippen molar-refractivity contribution in [3.8, 4) is 5.75 Å². The van der Waals surface area contributed by atoms with Crippen molar-refractivity contribution in [3.05, 3.63) is 29.6 Å². The van der Waals surface area contributed by atoms with E-state index < -0.39 is 5.82 Å². The van der Waals surface area contributed by atoms with Crippen LogP contribution in [0.2, 0.25) is 0 Å². The molecule has 0 heterocycles. The minimum absolute atomic E-state index is 0.0546. The largest absolute Gasteiger partial charge is 0.493 e. The number of ketones is 1. The first kappa shape index (κ1) is 12.7. The molecule has 0 fully saturated rings. The Labute approximate surface area is 95.4 Å². The third-order valence-electron chi connectivity index (χ3n) is 2.33. The predicted molar refractivity (Wildman–Crippen MR) is 61.4 cm³/mol. The van der Waals surface area contributed by atoms with Gasteiger partial charge in [0.25, 0.3) is 0 Å². The van der Waals surface area contributed by atoms with Gasteiger partial charge in [0.1, 0.15) is 11.6 Å². The topological polar surface area (TPSA) is 26.3 Å². The molecule has 0 aliphatic carbocycles. The van der Waals surface area contributed by atoms with Crippen LogP contribution in [0.3, 0.4) is 0 Å². The molecule has 1 aromatic carbocycles. The summed E-state index contributed by atoms with van der Waals surface area (Å²) in [5.74, 6) is -0.465. The molecule has 0 spiro atoms. The van der Waals surface area contributed by atoms with Gasteiger partial charge in [0, 0.05) is 0 Å². The molecule has 0 amide bonds. The molecule has 0 N–H and O–H groups in total.